The van der Waals surface area contributed by atoms with E-state index in [0.717, 1.165) is 17.9 Å². The summed E-state index contributed by atoms with van der Waals surface area (Å²) in [5, 5.41) is 0. The lowest BCUT2D eigenvalue weighted by atomic mass is 9.53. The molecule has 1 atom stereocenters. The van der Waals surface area contributed by atoms with Crippen molar-refractivity contribution in [1.82, 2.24) is 14.7 Å². The van der Waals surface area contributed by atoms with Crippen LogP contribution in [0.25, 0.3) is 0 Å². The number of hydrogen-bond donors (Lipinski definition) is 0. The Morgan fingerprint density at radius 1 is 0.808 bits per heavy atom. The molecule has 0 aromatic heterocycles. The standard InChI is InChI=1S/C23H43N3/c1-19(2)22-6-9-23(10-7-22,11-8-22)26-15-13-24(14-16-26)17-21-5-12-25(18-21)20(3)4/h19-21H,5-18H2,1-4H3/t21-,22?,23?/m0/s1. The molecule has 5 rings (SSSR count). The smallest absolute Gasteiger partial charge is 0.0211 e. The van der Waals surface area contributed by atoms with Gasteiger partial charge in [-0.1, -0.05) is 13.8 Å². The van der Waals surface area contributed by atoms with E-state index in [9.17, 15) is 0 Å². The van der Waals surface area contributed by atoms with E-state index in [0.29, 0.717) is 11.0 Å². The molecule has 0 aromatic carbocycles. The fourth-order valence-corrected chi connectivity index (χ4v) is 6.79. The number of hydrogen-bond acceptors (Lipinski definition) is 3. The Morgan fingerprint density at radius 2 is 1.42 bits per heavy atom. The Balaban J connectivity index is 1.26. The highest BCUT2D eigenvalue weighted by Gasteiger charge is 2.52. The first-order chi connectivity index (χ1) is 12.4. The van der Waals surface area contributed by atoms with Gasteiger partial charge in [0.1, 0.15) is 0 Å². The molecule has 2 saturated heterocycles. The van der Waals surface area contributed by atoms with Crippen molar-refractivity contribution < 1.29 is 0 Å². The highest BCUT2D eigenvalue weighted by atomic mass is 15.3. The summed E-state index contributed by atoms with van der Waals surface area (Å²) >= 11 is 0. The van der Waals surface area contributed by atoms with E-state index >= 15 is 0 Å². The maximum absolute atomic E-state index is 2.93. The summed E-state index contributed by atoms with van der Waals surface area (Å²) in [4.78, 5) is 8.39. The van der Waals surface area contributed by atoms with Gasteiger partial charge in [0.2, 0.25) is 0 Å². The Bertz CT molecular complexity index is 453. The molecule has 26 heavy (non-hydrogen) atoms. The minimum Gasteiger partial charge on any atom is -0.301 e. The summed E-state index contributed by atoms with van der Waals surface area (Å²) in [5.41, 5.74) is 1.29. The van der Waals surface area contributed by atoms with Crippen LogP contribution in [-0.2, 0) is 0 Å². The summed E-state index contributed by atoms with van der Waals surface area (Å²) in [6.07, 6.45) is 10.4. The summed E-state index contributed by atoms with van der Waals surface area (Å²) in [5.74, 6) is 1.80. The Labute approximate surface area is 162 Å². The predicted octanol–water partition coefficient (Wildman–Crippen LogP) is 4.08. The lowest BCUT2D eigenvalue weighted by Crippen LogP contribution is -2.62. The van der Waals surface area contributed by atoms with Crippen LogP contribution in [0.4, 0.5) is 0 Å². The van der Waals surface area contributed by atoms with Crippen molar-refractivity contribution in [3.05, 3.63) is 0 Å². The van der Waals surface area contributed by atoms with Gasteiger partial charge in [-0.2, -0.15) is 0 Å². The van der Waals surface area contributed by atoms with Crippen molar-refractivity contribution in [3.63, 3.8) is 0 Å². The van der Waals surface area contributed by atoms with Crippen LogP contribution in [0, 0.1) is 17.3 Å². The molecule has 3 saturated carbocycles. The van der Waals surface area contributed by atoms with E-state index in [1.165, 1.54) is 90.8 Å². The normalized spacial score (nSPS) is 40.2. The van der Waals surface area contributed by atoms with E-state index in [-0.39, 0.29) is 0 Å². The lowest BCUT2D eigenvalue weighted by molar-refractivity contribution is -0.0872. The van der Waals surface area contributed by atoms with Gasteiger partial charge >= 0.3 is 0 Å². The molecular formula is C23H43N3. The van der Waals surface area contributed by atoms with Gasteiger partial charge < -0.3 is 9.80 Å². The molecule has 0 N–H and O–H groups in total. The molecule has 0 amide bonds. The molecular weight excluding hydrogens is 318 g/mol. The first kappa shape index (κ1) is 19.2. The van der Waals surface area contributed by atoms with Gasteiger partial charge in [-0.25, -0.2) is 0 Å². The molecule has 0 spiro atoms. The van der Waals surface area contributed by atoms with Crippen molar-refractivity contribution in [2.24, 2.45) is 17.3 Å². The van der Waals surface area contributed by atoms with Crippen LogP contribution in [-0.4, -0.2) is 72.1 Å². The van der Waals surface area contributed by atoms with Crippen LogP contribution in [0.3, 0.4) is 0 Å². The van der Waals surface area contributed by atoms with Crippen molar-refractivity contribution >= 4 is 0 Å². The Hall–Kier alpha value is -0.120. The third-order valence-electron chi connectivity index (χ3n) is 9.10. The van der Waals surface area contributed by atoms with Gasteiger partial charge in [0.15, 0.2) is 0 Å². The molecule has 2 bridgehead atoms. The molecule has 2 aliphatic heterocycles. The second-order valence-corrected chi connectivity index (χ2v) is 10.8. The first-order valence-electron chi connectivity index (χ1n) is 11.6. The maximum atomic E-state index is 2.93. The Morgan fingerprint density at radius 3 is 1.92 bits per heavy atom. The minimum atomic E-state index is 0.588. The second kappa shape index (κ2) is 7.37. The fourth-order valence-electron chi connectivity index (χ4n) is 6.79. The van der Waals surface area contributed by atoms with Crippen molar-refractivity contribution in [2.45, 2.75) is 84.2 Å². The maximum Gasteiger partial charge on any atom is 0.0211 e. The fraction of sp³-hybridized carbons (Fsp3) is 1.00. The third kappa shape index (κ3) is 3.49. The van der Waals surface area contributed by atoms with Crippen molar-refractivity contribution in [2.75, 3.05) is 45.8 Å². The SMILES string of the molecule is CC(C)N1CC[C@@H](CN2CCN(C34CCC(C(C)C)(CC3)CC4)CC2)C1. The molecule has 0 radical (unpaired) electrons. The molecule has 150 valence electrons. The van der Waals surface area contributed by atoms with E-state index in [1.807, 2.05) is 0 Å². The van der Waals surface area contributed by atoms with Crippen LogP contribution in [0.5, 0.6) is 0 Å². The van der Waals surface area contributed by atoms with Gasteiger partial charge in [0.05, 0.1) is 0 Å². The summed E-state index contributed by atoms with van der Waals surface area (Å²) in [7, 11) is 0. The Kier molecular flexibility index (Phi) is 5.44. The van der Waals surface area contributed by atoms with Crippen LogP contribution >= 0.6 is 0 Å². The summed E-state index contributed by atoms with van der Waals surface area (Å²) in [6.45, 7) is 18.9. The van der Waals surface area contributed by atoms with E-state index in [2.05, 4.69) is 42.4 Å². The predicted molar refractivity (Wildman–Crippen MR) is 111 cm³/mol. The van der Waals surface area contributed by atoms with E-state index < -0.39 is 0 Å². The summed E-state index contributed by atoms with van der Waals surface area (Å²) < 4.78 is 0. The highest BCUT2D eigenvalue weighted by molar-refractivity contribution is 5.06. The molecule has 5 aliphatic rings. The van der Waals surface area contributed by atoms with E-state index in [4.69, 9.17) is 0 Å². The van der Waals surface area contributed by atoms with Gasteiger partial charge in [-0.3, -0.25) is 4.90 Å². The van der Waals surface area contributed by atoms with Crippen LogP contribution in [0.2, 0.25) is 0 Å². The number of fused-ring (bicyclic) bond motifs is 3. The third-order valence-corrected chi connectivity index (χ3v) is 9.10. The molecule has 3 nitrogen and oxygen atoms in total. The van der Waals surface area contributed by atoms with Crippen LogP contribution in [0.15, 0.2) is 0 Å². The lowest BCUT2D eigenvalue weighted by Gasteiger charge is -2.60. The molecule has 0 unspecified atom stereocenters. The zero-order valence-corrected chi connectivity index (χ0v) is 18.0. The quantitative estimate of drug-likeness (QED) is 0.730. The van der Waals surface area contributed by atoms with Crippen LogP contribution < -0.4 is 0 Å². The number of likely N-dealkylation sites (tertiary alicyclic amines) is 1. The van der Waals surface area contributed by atoms with Gasteiger partial charge in [-0.05, 0) is 82.6 Å². The molecule has 3 aliphatic carbocycles. The first-order valence-corrected chi connectivity index (χ1v) is 11.6. The average molecular weight is 362 g/mol. The highest BCUT2D eigenvalue weighted by Crippen LogP contribution is 2.57. The number of rotatable bonds is 5. The molecule has 5 fully saturated rings. The largest absolute Gasteiger partial charge is 0.301 e. The zero-order valence-electron chi connectivity index (χ0n) is 18.0. The van der Waals surface area contributed by atoms with Crippen molar-refractivity contribution in [3.8, 4) is 0 Å². The topological polar surface area (TPSA) is 9.72 Å². The van der Waals surface area contributed by atoms with Crippen LogP contribution in [0.1, 0.15) is 72.6 Å². The molecule has 0 aromatic rings. The van der Waals surface area contributed by atoms with Gasteiger partial charge in [-0.15, -0.1) is 0 Å². The number of piperazine rings is 1. The van der Waals surface area contributed by atoms with Crippen molar-refractivity contribution in [1.29, 1.82) is 0 Å². The second-order valence-electron chi connectivity index (χ2n) is 10.8. The molecule has 2 heterocycles. The molecule has 3 heteroatoms. The number of nitrogens with zero attached hydrogens (tertiary/aromatic N) is 3. The van der Waals surface area contributed by atoms with Gasteiger partial charge in [0, 0.05) is 50.8 Å². The van der Waals surface area contributed by atoms with E-state index in [1.54, 1.807) is 0 Å². The zero-order chi connectivity index (χ0) is 18.4. The summed E-state index contributed by atoms with van der Waals surface area (Å²) in [6, 6.07) is 0.728. The average Bonchev–Trinajstić information content (AvgIpc) is 3.12. The monoisotopic (exact) mass is 361 g/mol. The van der Waals surface area contributed by atoms with Gasteiger partial charge in [0.25, 0.3) is 0 Å². The minimum absolute atomic E-state index is 0.588.